The van der Waals surface area contributed by atoms with Crippen molar-refractivity contribution in [1.82, 2.24) is 4.90 Å². The Morgan fingerprint density at radius 2 is 1.89 bits per heavy atom. The molecule has 1 rings (SSSR count). The molecular weight excluding hydrogens is 272 g/mol. The summed E-state index contributed by atoms with van der Waals surface area (Å²) >= 11 is 5.47. The van der Waals surface area contributed by atoms with Crippen LogP contribution < -0.4 is 0 Å². The minimum Gasteiger partial charge on any atom is -0.480 e. The van der Waals surface area contributed by atoms with Gasteiger partial charge in [0.2, 0.25) is 11.8 Å². The Morgan fingerprint density at radius 3 is 2.37 bits per heavy atom. The summed E-state index contributed by atoms with van der Waals surface area (Å²) in [7, 11) is 0. The lowest BCUT2D eigenvalue weighted by atomic mass is 10.1. The number of amides is 2. The number of alkyl halides is 1. The fourth-order valence-electron chi connectivity index (χ4n) is 2.05. The lowest BCUT2D eigenvalue weighted by Crippen LogP contribution is -2.44. The standard InChI is InChI=1S/C12H17ClN2O4/c13-7-8(14)3-1-2-4-9(12(18)19)15-10(16)5-6-11(15)17/h9,14H,1-7H2,(H,18,19). The number of carboxylic acids is 1. The average molecular weight is 289 g/mol. The van der Waals surface area contributed by atoms with Crippen molar-refractivity contribution in [2.75, 3.05) is 5.88 Å². The van der Waals surface area contributed by atoms with E-state index >= 15 is 0 Å². The van der Waals surface area contributed by atoms with E-state index in [0.29, 0.717) is 25.0 Å². The number of rotatable bonds is 8. The van der Waals surface area contributed by atoms with Gasteiger partial charge in [-0.2, -0.15) is 0 Å². The Bertz CT molecular complexity index is 381. The molecule has 1 aliphatic heterocycles. The van der Waals surface area contributed by atoms with E-state index in [2.05, 4.69) is 0 Å². The molecule has 0 aromatic heterocycles. The molecule has 2 amide bonds. The van der Waals surface area contributed by atoms with E-state index in [-0.39, 0.29) is 25.1 Å². The maximum atomic E-state index is 11.5. The van der Waals surface area contributed by atoms with Gasteiger partial charge in [0.05, 0.1) is 5.88 Å². The lowest BCUT2D eigenvalue weighted by Gasteiger charge is -2.22. The van der Waals surface area contributed by atoms with E-state index in [4.69, 9.17) is 22.1 Å². The van der Waals surface area contributed by atoms with Crippen LogP contribution in [0.1, 0.15) is 38.5 Å². The molecule has 1 atom stereocenters. The number of likely N-dealkylation sites (tertiary alicyclic amines) is 1. The molecule has 1 fully saturated rings. The summed E-state index contributed by atoms with van der Waals surface area (Å²) < 4.78 is 0. The minimum atomic E-state index is -1.16. The fraction of sp³-hybridized carbons (Fsp3) is 0.667. The maximum Gasteiger partial charge on any atom is 0.326 e. The van der Waals surface area contributed by atoms with Crippen molar-refractivity contribution in [2.45, 2.75) is 44.6 Å². The zero-order valence-corrected chi connectivity index (χ0v) is 11.3. The molecule has 7 heteroatoms. The van der Waals surface area contributed by atoms with Crippen LogP contribution in [-0.4, -0.2) is 45.4 Å². The van der Waals surface area contributed by atoms with Crippen LogP contribution in [0.4, 0.5) is 0 Å². The van der Waals surface area contributed by atoms with Crippen molar-refractivity contribution in [3.63, 3.8) is 0 Å². The van der Waals surface area contributed by atoms with Gasteiger partial charge in [0.1, 0.15) is 6.04 Å². The molecular formula is C12H17ClN2O4. The summed E-state index contributed by atoms with van der Waals surface area (Å²) in [5, 5.41) is 16.5. The number of carboxylic acid groups (broad SMARTS) is 1. The smallest absolute Gasteiger partial charge is 0.326 e. The normalized spacial score (nSPS) is 16.8. The minimum absolute atomic E-state index is 0.0967. The molecule has 1 aliphatic rings. The molecule has 6 nitrogen and oxygen atoms in total. The summed E-state index contributed by atoms with van der Waals surface area (Å²) in [6.45, 7) is 0. The second-order valence-corrected chi connectivity index (χ2v) is 4.76. The van der Waals surface area contributed by atoms with Crippen LogP contribution in [-0.2, 0) is 14.4 Å². The summed E-state index contributed by atoms with van der Waals surface area (Å²) in [6.07, 6.45) is 2.10. The van der Waals surface area contributed by atoms with Gasteiger partial charge in [-0.25, -0.2) is 4.79 Å². The molecule has 0 aromatic rings. The zero-order valence-electron chi connectivity index (χ0n) is 10.5. The fourth-order valence-corrected chi connectivity index (χ4v) is 2.18. The largest absolute Gasteiger partial charge is 0.480 e. The van der Waals surface area contributed by atoms with Crippen molar-refractivity contribution in [3.8, 4) is 0 Å². The molecule has 106 valence electrons. The van der Waals surface area contributed by atoms with Crippen molar-refractivity contribution in [3.05, 3.63) is 0 Å². The number of halogens is 1. The van der Waals surface area contributed by atoms with E-state index in [0.717, 1.165) is 4.90 Å². The van der Waals surface area contributed by atoms with Gasteiger partial charge in [-0.05, 0) is 19.3 Å². The van der Waals surface area contributed by atoms with Crippen LogP contribution in [0.3, 0.4) is 0 Å². The molecule has 0 saturated carbocycles. The average Bonchev–Trinajstić information content (AvgIpc) is 2.69. The predicted molar refractivity (Wildman–Crippen MR) is 69.4 cm³/mol. The Labute approximate surface area is 116 Å². The predicted octanol–water partition coefficient (Wildman–Crippen LogP) is 1.41. The monoisotopic (exact) mass is 288 g/mol. The number of carbonyl (C=O) groups excluding carboxylic acids is 2. The third-order valence-corrected chi connectivity index (χ3v) is 3.38. The number of nitrogens with one attached hydrogen (secondary N) is 1. The highest BCUT2D eigenvalue weighted by molar-refractivity contribution is 6.28. The quantitative estimate of drug-likeness (QED) is 0.305. The lowest BCUT2D eigenvalue weighted by molar-refractivity contribution is -0.154. The van der Waals surface area contributed by atoms with E-state index in [1.54, 1.807) is 0 Å². The van der Waals surface area contributed by atoms with Crippen molar-refractivity contribution in [1.29, 1.82) is 5.41 Å². The molecule has 0 bridgehead atoms. The van der Waals surface area contributed by atoms with Crippen LogP contribution in [0, 0.1) is 5.41 Å². The molecule has 1 saturated heterocycles. The van der Waals surface area contributed by atoms with Gasteiger partial charge < -0.3 is 10.5 Å². The molecule has 2 N–H and O–H groups in total. The van der Waals surface area contributed by atoms with E-state index in [1.807, 2.05) is 0 Å². The van der Waals surface area contributed by atoms with Crippen molar-refractivity contribution < 1.29 is 19.5 Å². The zero-order chi connectivity index (χ0) is 14.4. The summed E-state index contributed by atoms with van der Waals surface area (Å²) in [6, 6.07) is -1.08. The third-order valence-electron chi connectivity index (χ3n) is 3.05. The van der Waals surface area contributed by atoms with Crippen LogP contribution >= 0.6 is 11.6 Å². The van der Waals surface area contributed by atoms with Crippen LogP contribution in [0.15, 0.2) is 0 Å². The SMILES string of the molecule is N=C(CCl)CCCCC(C(=O)O)N1C(=O)CCC1=O. The van der Waals surface area contributed by atoms with Gasteiger partial charge >= 0.3 is 5.97 Å². The molecule has 1 heterocycles. The molecule has 1 unspecified atom stereocenters. The Hall–Kier alpha value is -1.43. The number of hydrogen-bond acceptors (Lipinski definition) is 4. The highest BCUT2D eigenvalue weighted by Crippen LogP contribution is 2.19. The highest BCUT2D eigenvalue weighted by atomic mass is 35.5. The Kier molecular flexibility index (Phi) is 5.95. The molecule has 0 aromatic carbocycles. The second kappa shape index (κ2) is 7.23. The number of hydrogen-bond donors (Lipinski definition) is 2. The summed E-state index contributed by atoms with van der Waals surface area (Å²) in [4.78, 5) is 35.0. The molecule has 19 heavy (non-hydrogen) atoms. The van der Waals surface area contributed by atoms with Gasteiger partial charge in [0, 0.05) is 18.6 Å². The van der Waals surface area contributed by atoms with E-state index in [9.17, 15) is 14.4 Å². The first-order valence-corrected chi connectivity index (χ1v) is 6.70. The van der Waals surface area contributed by atoms with Gasteiger partial charge in [0.15, 0.2) is 0 Å². The first-order valence-electron chi connectivity index (χ1n) is 6.17. The van der Waals surface area contributed by atoms with Gasteiger partial charge in [0.25, 0.3) is 0 Å². The molecule has 0 spiro atoms. The van der Waals surface area contributed by atoms with Crippen molar-refractivity contribution >= 4 is 35.1 Å². The van der Waals surface area contributed by atoms with Gasteiger partial charge in [-0.15, -0.1) is 11.6 Å². The Morgan fingerprint density at radius 1 is 1.32 bits per heavy atom. The number of imide groups is 1. The number of unbranched alkanes of at least 4 members (excludes halogenated alkanes) is 1. The Balaban J connectivity index is 2.50. The highest BCUT2D eigenvalue weighted by Gasteiger charge is 2.38. The number of aliphatic carboxylic acids is 1. The van der Waals surface area contributed by atoms with Gasteiger partial charge in [-0.3, -0.25) is 14.5 Å². The van der Waals surface area contributed by atoms with Crippen LogP contribution in [0.25, 0.3) is 0 Å². The van der Waals surface area contributed by atoms with Crippen LogP contribution in [0.5, 0.6) is 0 Å². The van der Waals surface area contributed by atoms with E-state index in [1.165, 1.54) is 0 Å². The van der Waals surface area contributed by atoms with E-state index < -0.39 is 23.8 Å². The van der Waals surface area contributed by atoms with Gasteiger partial charge in [-0.1, -0.05) is 6.42 Å². The number of carbonyl (C=O) groups is 3. The first kappa shape index (κ1) is 15.6. The summed E-state index contributed by atoms with van der Waals surface area (Å²) in [5.74, 6) is -1.81. The summed E-state index contributed by atoms with van der Waals surface area (Å²) in [5.41, 5.74) is 0.405. The second-order valence-electron chi connectivity index (χ2n) is 4.49. The molecule has 0 radical (unpaired) electrons. The third kappa shape index (κ3) is 4.31. The maximum absolute atomic E-state index is 11.5. The first-order chi connectivity index (χ1) is 8.97. The van der Waals surface area contributed by atoms with Crippen molar-refractivity contribution in [2.24, 2.45) is 0 Å². The number of nitrogens with zero attached hydrogens (tertiary/aromatic N) is 1. The van der Waals surface area contributed by atoms with Crippen LogP contribution in [0.2, 0.25) is 0 Å². The molecule has 0 aliphatic carbocycles. The topological polar surface area (TPSA) is 98.5 Å².